The standard InChI is InChI=1S/C14H15F7O9S/c1-3-9(23)30-12(13(17,18)19,10(24)28-7-8(2)22)29-6-4-5-11(15,16)14(20,21)31(25,26)27/h3H,1,4-7H2,2H3,(H,25,26,27). The SMILES string of the molecule is C=CC(=O)OC(OCCCC(F)(F)C(F)(F)S(=O)(=O)O)(C(=O)OCC(C)=O)C(F)(F)F. The fraction of sp³-hybridized carbons (Fsp3) is 0.643. The average Bonchev–Trinajstić information content (AvgIpc) is 2.59. The van der Waals surface area contributed by atoms with Crippen LogP contribution < -0.4 is 0 Å². The quantitative estimate of drug-likeness (QED) is 0.108. The molecule has 0 aliphatic rings. The van der Waals surface area contributed by atoms with Crippen molar-refractivity contribution in [3.8, 4) is 0 Å². The molecule has 0 heterocycles. The highest BCUT2D eigenvalue weighted by molar-refractivity contribution is 7.87. The molecule has 0 bridgehead atoms. The summed E-state index contributed by atoms with van der Waals surface area (Å²) in [4.78, 5) is 33.9. The van der Waals surface area contributed by atoms with Crippen LogP contribution >= 0.6 is 0 Å². The molecule has 0 rings (SSSR count). The van der Waals surface area contributed by atoms with Crippen LogP contribution in [0.3, 0.4) is 0 Å². The number of halogens is 7. The van der Waals surface area contributed by atoms with Gasteiger partial charge in [-0.25, -0.2) is 9.59 Å². The predicted molar refractivity (Wildman–Crippen MR) is 83.3 cm³/mol. The van der Waals surface area contributed by atoms with Gasteiger partial charge in [-0.05, 0) is 13.3 Å². The highest BCUT2D eigenvalue weighted by Gasteiger charge is 2.68. The van der Waals surface area contributed by atoms with Crippen molar-refractivity contribution in [3.63, 3.8) is 0 Å². The summed E-state index contributed by atoms with van der Waals surface area (Å²) in [7, 11) is -6.59. The van der Waals surface area contributed by atoms with E-state index in [0.29, 0.717) is 0 Å². The van der Waals surface area contributed by atoms with Crippen molar-refractivity contribution in [2.45, 2.75) is 42.9 Å². The van der Waals surface area contributed by atoms with Crippen LogP contribution in [0.2, 0.25) is 0 Å². The highest BCUT2D eigenvalue weighted by Crippen LogP contribution is 2.42. The number of rotatable bonds is 12. The van der Waals surface area contributed by atoms with Crippen molar-refractivity contribution in [3.05, 3.63) is 12.7 Å². The van der Waals surface area contributed by atoms with Crippen LogP contribution in [-0.2, 0) is 38.7 Å². The smallest absolute Gasteiger partial charge is 0.453 e. The molecule has 9 nitrogen and oxygen atoms in total. The van der Waals surface area contributed by atoms with Gasteiger partial charge >= 0.3 is 45.2 Å². The molecule has 180 valence electrons. The van der Waals surface area contributed by atoms with E-state index in [4.69, 9.17) is 4.55 Å². The van der Waals surface area contributed by atoms with Gasteiger partial charge in [0.2, 0.25) is 0 Å². The number of hydrogen-bond donors (Lipinski definition) is 1. The fourth-order valence-electron chi connectivity index (χ4n) is 1.68. The summed E-state index contributed by atoms with van der Waals surface area (Å²) in [5.74, 6) is -15.4. The number of alkyl halides is 7. The third-order valence-electron chi connectivity index (χ3n) is 3.15. The summed E-state index contributed by atoms with van der Waals surface area (Å²) in [5.41, 5.74) is 0. The van der Waals surface area contributed by atoms with Gasteiger partial charge in [0.15, 0.2) is 5.78 Å². The van der Waals surface area contributed by atoms with Crippen LogP contribution in [0.1, 0.15) is 19.8 Å². The number of Topliss-reactive ketones (excluding diaryl/α,β-unsaturated/α-hetero) is 1. The molecule has 0 aliphatic carbocycles. The van der Waals surface area contributed by atoms with Crippen LogP contribution in [-0.4, -0.2) is 67.0 Å². The largest absolute Gasteiger partial charge is 0.468 e. The molecule has 31 heavy (non-hydrogen) atoms. The van der Waals surface area contributed by atoms with Crippen molar-refractivity contribution < 1.29 is 72.3 Å². The third-order valence-corrected chi connectivity index (χ3v) is 4.10. The first-order valence-corrected chi connectivity index (χ1v) is 9.14. The maximum Gasteiger partial charge on any atom is 0.468 e. The number of esters is 2. The van der Waals surface area contributed by atoms with Gasteiger partial charge in [-0.2, -0.15) is 39.2 Å². The lowest BCUT2D eigenvalue weighted by molar-refractivity contribution is -0.354. The summed E-state index contributed by atoms with van der Waals surface area (Å²) in [6.45, 7) is 0.714. The molecule has 0 aromatic carbocycles. The highest BCUT2D eigenvalue weighted by atomic mass is 32.2. The molecule has 0 aromatic rings. The zero-order valence-corrected chi connectivity index (χ0v) is 16.2. The second kappa shape index (κ2) is 9.90. The molecule has 0 saturated carbocycles. The molecule has 0 fully saturated rings. The molecule has 1 atom stereocenters. The third kappa shape index (κ3) is 6.86. The first kappa shape index (κ1) is 28.7. The Morgan fingerprint density at radius 3 is 1.97 bits per heavy atom. The number of carbonyl (C=O) groups excluding carboxylic acids is 3. The molecule has 1 unspecified atom stereocenters. The minimum atomic E-state index is -6.59. The molecule has 0 aliphatic heterocycles. The van der Waals surface area contributed by atoms with Gasteiger partial charge in [0.1, 0.15) is 6.61 Å². The fourth-order valence-corrected chi connectivity index (χ4v) is 2.15. The van der Waals surface area contributed by atoms with E-state index in [0.717, 1.165) is 6.92 Å². The first-order chi connectivity index (χ1) is 13.7. The van der Waals surface area contributed by atoms with Crippen LogP contribution in [0.25, 0.3) is 0 Å². The Kier molecular flexibility index (Phi) is 9.18. The Morgan fingerprint density at radius 1 is 1.06 bits per heavy atom. The molecule has 0 saturated heterocycles. The van der Waals surface area contributed by atoms with Gasteiger partial charge < -0.3 is 14.2 Å². The second-order valence-electron chi connectivity index (χ2n) is 5.67. The lowest BCUT2D eigenvalue weighted by Gasteiger charge is -2.32. The summed E-state index contributed by atoms with van der Waals surface area (Å²) < 4.78 is 134. The average molecular weight is 492 g/mol. The maximum absolute atomic E-state index is 13.5. The van der Waals surface area contributed by atoms with E-state index >= 15 is 0 Å². The summed E-state index contributed by atoms with van der Waals surface area (Å²) in [6, 6.07) is 0. The van der Waals surface area contributed by atoms with Crippen molar-refractivity contribution in [2.75, 3.05) is 13.2 Å². The van der Waals surface area contributed by atoms with E-state index in [1.54, 1.807) is 0 Å². The first-order valence-electron chi connectivity index (χ1n) is 7.70. The number of ether oxygens (including phenoxy) is 3. The number of carbonyl (C=O) groups is 3. The zero-order valence-electron chi connectivity index (χ0n) is 15.4. The van der Waals surface area contributed by atoms with Crippen LogP contribution in [0.5, 0.6) is 0 Å². The molecule has 0 radical (unpaired) electrons. The van der Waals surface area contributed by atoms with Crippen molar-refractivity contribution in [1.82, 2.24) is 0 Å². The molecule has 1 N–H and O–H groups in total. The van der Waals surface area contributed by atoms with Crippen molar-refractivity contribution >= 4 is 27.8 Å². The molecular weight excluding hydrogens is 477 g/mol. The summed E-state index contributed by atoms with van der Waals surface area (Å²) in [6.07, 6.45) is -9.36. The van der Waals surface area contributed by atoms with Gasteiger partial charge in [0.05, 0.1) is 6.61 Å². The topological polar surface area (TPSA) is 133 Å². The summed E-state index contributed by atoms with van der Waals surface area (Å²) in [5, 5.41) is -5.99. The van der Waals surface area contributed by atoms with Crippen molar-refractivity contribution in [1.29, 1.82) is 0 Å². The summed E-state index contributed by atoms with van der Waals surface area (Å²) >= 11 is 0. The molecule has 0 aromatic heterocycles. The van der Waals surface area contributed by atoms with Gasteiger partial charge in [-0.3, -0.25) is 9.35 Å². The number of hydrogen-bond acceptors (Lipinski definition) is 8. The minimum absolute atomic E-state index is 0.156. The predicted octanol–water partition coefficient (Wildman–Crippen LogP) is 2.02. The van der Waals surface area contributed by atoms with Gasteiger partial charge in [0, 0.05) is 12.5 Å². The second-order valence-corrected chi connectivity index (χ2v) is 7.13. The van der Waals surface area contributed by atoms with E-state index in [1.165, 1.54) is 0 Å². The Hall–Kier alpha value is -2.27. The van der Waals surface area contributed by atoms with Crippen LogP contribution in [0, 0.1) is 0 Å². The molecule has 0 spiro atoms. The normalized spacial score (nSPS) is 15.0. The number of ketones is 1. The van der Waals surface area contributed by atoms with E-state index in [2.05, 4.69) is 20.8 Å². The van der Waals surface area contributed by atoms with Gasteiger partial charge in [-0.1, -0.05) is 6.58 Å². The Balaban J connectivity index is 5.69. The maximum atomic E-state index is 13.5. The van der Waals surface area contributed by atoms with E-state index in [-0.39, 0.29) is 6.08 Å². The lowest BCUT2D eigenvalue weighted by atomic mass is 10.2. The Labute approximate surface area is 169 Å². The molecule has 0 amide bonds. The lowest BCUT2D eigenvalue weighted by Crippen LogP contribution is -2.58. The van der Waals surface area contributed by atoms with Crippen LogP contribution in [0.15, 0.2) is 12.7 Å². The Bertz CT molecular complexity index is 807. The van der Waals surface area contributed by atoms with Crippen LogP contribution in [0.4, 0.5) is 30.7 Å². The van der Waals surface area contributed by atoms with E-state index < -0.39 is 77.0 Å². The van der Waals surface area contributed by atoms with E-state index in [1.807, 2.05) is 0 Å². The Morgan fingerprint density at radius 2 is 1.58 bits per heavy atom. The molecular formula is C14H15F7O9S. The minimum Gasteiger partial charge on any atom is -0.453 e. The molecule has 17 heteroatoms. The van der Waals surface area contributed by atoms with Gasteiger partial charge in [-0.15, -0.1) is 0 Å². The van der Waals surface area contributed by atoms with Gasteiger partial charge in [0.25, 0.3) is 0 Å². The zero-order chi connectivity index (χ0) is 24.9. The monoisotopic (exact) mass is 492 g/mol. The van der Waals surface area contributed by atoms with E-state index in [9.17, 15) is 53.5 Å². The van der Waals surface area contributed by atoms with Crippen molar-refractivity contribution in [2.24, 2.45) is 0 Å².